The Morgan fingerprint density at radius 3 is 2.87 bits per heavy atom. The molecule has 3 nitrogen and oxygen atoms in total. The van der Waals surface area contributed by atoms with Crippen LogP contribution in [0.1, 0.15) is 45.4 Å². The highest BCUT2D eigenvalue weighted by molar-refractivity contribution is 4.92. The number of nitrogens with two attached hydrogens (primary N) is 1. The summed E-state index contributed by atoms with van der Waals surface area (Å²) in [4.78, 5) is 4.35. The number of hydrogen-bond donors (Lipinski definition) is 1. The van der Waals surface area contributed by atoms with Crippen LogP contribution in [0.2, 0.25) is 0 Å². The largest absolute Gasteiger partial charge is 0.335 e. The van der Waals surface area contributed by atoms with E-state index in [4.69, 9.17) is 5.73 Å². The van der Waals surface area contributed by atoms with Gasteiger partial charge < -0.3 is 10.3 Å². The molecule has 86 valence electrons. The normalized spacial score (nSPS) is 13.0. The van der Waals surface area contributed by atoms with Gasteiger partial charge in [-0.2, -0.15) is 0 Å². The van der Waals surface area contributed by atoms with E-state index in [1.807, 2.05) is 12.4 Å². The average molecular weight is 209 g/mol. The molecule has 0 aliphatic carbocycles. The molecular weight excluding hydrogens is 186 g/mol. The third-order valence-electron chi connectivity index (χ3n) is 2.78. The van der Waals surface area contributed by atoms with Crippen LogP contribution in [0, 0.1) is 0 Å². The van der Waals surface area contributed by atoms with Crippen LogP contribution in [0.25, 0.3) is 0 Å². The Morgan fingerprint density at radius 1 is 1.40 bits per heavy atom. The maximum Gasteiger partial charge on any atom is 0.108 e. The predicted octanol–water partition coefficient (Wildman–Crippen LogP) is 2.35. The van der Waals surface area contributed by atoms with Gasteiger partial charge in [0.2, 0.25) is 0 Å². The van der Waals surface area contributed by atoms with Crippen molar-refractivity contribution in [2.75, 3.05) is 0 Å². The molecule has 15 heavy (non-hydrogen) atoms. The molecule has 0 fully saturated rings. The lowest BCUT2D eigenvalue weighted by atomic mass is 10.1. The molecule has 1 aromatic heterocycles. The summed E-state index contributed by atoms with van der Waals surface area (Å²) in [7, 11) is 0. The van der Waals surface area contributed by atoms with Crippen molar-refractivity contribution in [3.8, 4) is 0 Å². The average Bonchev–Trinajstić information content (AvgIpc) is 2.66. The van der Waals surface area contributed by atoms with E-state index >= 15 is 0 Å². The third-order valence-corrected chi connectivity index (χ3v) is 2.78. The van der Waals surface area contributed by atoms with Gasteiger partial charge in [0, 0.05) is 31.4 Å². The van der Waals surface area contributed by atoms with Crippen LogP contribution in [0.15, 0.2) is 12.4 Å². The number of aromatic nitrogens is 2. The Bertz CT molecular complexity index is 268. The van der Waals surface area contributed by atoms with Gasteiger partial charge in [-0.3, -0.25) is 0 Å². The van der Waals surface area contributed by atoms with Crippen LogP contribution in [-0.2, 0) is 13.0 Å². The van der Waals surface area contributed by atoms with Crippen molar-refractivity contribution < 1.29 is 0 Å². The van der Waals surface area contributed by atoms with E-state index in [0.717, 1.165) is 32.2 Å². The van der Waals surface area contributed by atoms with E-state index in [0.29, 0.717) is 6.04 Å². The lowest BCUT2D eigenvalue weighted by molar-refractivity contribution is 0.529. The summed E-state index contributed by atoms with van der Waals surface area (Å²) in [6, 6.07) is 0.375. The molecule has 0 saturated heterocycles. The maximum absolute atomic E-state index is 5.97. The zero-order valence-electron chi connectivity index (χ0n) is 9.95. The monoisotopic (exact) mass is 209 g/mol. The van der Waals surface area contributed by atoms with Gasteiger partial charge in [-0.1, -0.05) is 13.3 Å². The molecule has 1 unspecified atom stereocenters. The second kappa shape index (κ2) is 6.62. The quantitative estimate of drug-likeness (QED) is 0.749. The molecule has 3 heteroatoms. The van der Waals surface area contributed by atoms with E-state index in [9.17, 15) is 0 Å². The number of aryl methyl sites for hydroxylation is 2. The molecule has 2 N–H and O–H groups in total. The van der Waals surface area contributed by atoms with E-state index in [1.54, 1.807) is 0 Å². The highest BCUT2D eigenvalue weighted by Crippen LogP contribution is 2.07. The Kier molecular flexibility index (Phi) is 5.40. The first-order chi connectivity index (χ1) is 7.27. The zero-order chi connectivity index (χ0) is 11.1. The van der Waals surface area contributed by atoms with Crippen molar-refractivity contribution in [1.82, 2.24) is 9.55 Å². The van der Waals surface area contributed by atoms with Crippen molar-refractivity contribution in [2.24, 2.45) is 5.73 Å². The molecule has 1 heterocycles. The minimum atomic E-state index is 0.375. The Hall–Kier alpha value is -0.830. The van der Waals surface area contributed by atoms with Gasteiger partial charge >= 0.3 is 0 Å². The van der Waals surface area contributed by atoms with Crippen LogP contribution in [-0.4, -0.2) is 15.6 Å². The summed E-state index contributed by atoms with van der Waals surface area (Å²) < 4.78 is 2.20. The smallest absolute Gasteiger partial charge is 0.108 e. The van der Waals surface area contributed by atoms with Crippen molar-refractivity contribution >= 4 is 0 Å². The Labute approximate surface area is 92.7 Å². The fourth-order valence-corrected chi connectivity index (χ4v) is 1.89. The Balaban J connectivity index is 2.25. The van der Waals surface area contributed by atoms with Crippen LogP contribution in [0.5, 0.6) is 0 Å². The van der Waals surface area contributed by atoms with Gasteiger partial charge in [0.05, 0.1) is 0 Å². The molecule has 0 saturated carbocycles. The van der Waals surface area contributed by atoms with E-state index < -0.39 is 0 Å². The summed E-state index contributed by atoms with van der Waals surface area (Å²) in [5.74, 6) is 1.20. The van der Waals surface area contributed by atoms with Crippen LogP contribution >= 0.6 is 0 Å². The number of nitrogens with zero attached hydrogens (tertiary/aromatic N) is 2. The Morgan fingerprint density at radius 2 is 2.20 bits per heavy atom. The number of imidazole rings is 1. The zero-order valence-corrected chi connectivity index (χ0v) is 9.95. The van der Waals surface area contributed by atoms with Gasteiger partial charge in [0.25, 0.3) is 0 Å². The van der Waals surface area contributed by atoms with Gasteiger partial charge in [0.1, 0.15) is 5.82 Å². The molecule has 1 rings (SSSR count). The van der Waals surface area contributed by atoms with E-state index in [-0.39, 0.29) is 0 Å². The second-order valence-electron chi connectivity index (χ2n) is 4.07. The summed E-state index contributed by atoms with van der Waals surface area (Å²) in [6.07, 6.45) is 9.57. The molecule has 0 spiro atoms. The van der Waals surface area contributed by atoms with Crippen molar-refractivity contribution in [3.05, 3.63) is 18.2 Å². The van der Waals surface area contributed by atoms with Crippen molar-refractivity contribution in [2.45, 2.75) is 58.5 Å². The topological polar surface area (TPSA) is 43.8 Å². The highest BCUT2D eigenvalue weighted by Gasteiger charge is 2.04. The predicted molar refractivity (Wildman–Crippen MR) is 63.7 cm³/mol. The molecule has 1 aromatic rings. The first-order valence-corrected chi connectivity index (χ1v) is 6.03. The summed E-state index contributed by atoms with van der Waals surface area (Å²) in [5, 5.41) is 0. The molecule has 0 aromatic carbocycles. The fraction of sp³-hybridized carbons (Fsp3) is 0.750. The number of hydrogen-bond acceptors (Lipinski definition) is 2. The van der Waals surface area contributed by atoms with Crippen LogP contribution in [0.3, 0.4) is 0 Å². The molecule has 0 bridgehead atoms. The van der Waals surface area contributed by atoms with Crippen molar-refractivity contribution in [1.29, 1.82) is 0 Å². The van der Waals surface area contributed by atoms with E-state index in [2.05, 4.69) is 23.4 Å². The van der Waals surface area contributed by atoms with Gasteiger partial charge in [-0.05, 0) is 26.2 Å². The molecule has 0 aliphatic rings. The van der Waals surface area contributed by atoms with E-state index in [1.165, 1.54) is 12.2 Å². The SMILES string of the molecule is CCCC(N)CCCc1nccn1CC. The molecule has 0 amide bonds. The lowest BCUT2D eigenvalue weighted by Crippen LogP contribution is -2.19. The summed E-state index contributed by atoms with van der Waals surface area (Å²) in [6.45, 7) is 5.34. The maximum atomic E-state index is 5.97. The summed E-state index contributed by atoms with van der Waals surface area (Å²) >= 11 is 0. The van der Waals surface area contributed by atoms with Gasteiger partial charge in [0.15, 0.2) is 0 Å². The second-order valence-corrected chi connectivity index (χ2v) is 4.07. The standard InChI is InChI=1S/C12H23N3/c1-3-6-11(13)7-5-8-12-14-9-10-15(12)4-2/h9-11H,3-8,13H2,1-2H3. The molecular formula is C12H23N3. The van der Waals surface area contributed by atoms with Crippen LogP contribution in [0.4, 0.5) is 0 Å². The lowest BCUT2D eigenvalue weighted by Gasteiger charge is -2.10. The highest BCUT2D eigenvalue weighted by atomic mass is 15.0. The van der Waals surface area contributed by atoms with Gasteiger partial charge in [-0.25, -0.2) is 4.98 Å². The first-order valence-electron chi connectivity index (χ1n) is 6.03. The minimum absolute atomic E-state index is 0.375. The summed E-state index contributed by atoms with van der Waals surface area (Å²) in [5.41, 5.74) is 5.97. The first kappa shape index (κ1) is 12.2. The van der Waals surface area contributed by atoms with Crippen LogP contribution < -0.4 is 5.73 Å². The van der Waals surface area contributed by atoms with Gasteiger partial charge in [-0.15, -0.1) is 0 Å². The fourth-order valence-electron chi connectivity index (χ4n) is 1.89. The third kappa shape index (κ3) is 4.04. The molecule has 1 atom stereocenters. The molecule has 0 aliphatic heterocycles. The number of rotatable bonds is 7. The molecule has 0 radical (unpaired) electrons. The van der Waals surface area contributed by atoms with Crippen molar-refractivity contribution in [3.63, 3.8) is 0 Å². The minimum Gasteiger partial charge on any atom is -0.335 e.